The number of benzene rings is 1. The van der Waals surface area contributed by atoms with Crippen LogP contribution in [0.25, 0.3) is 5.82 Å². The van der Waals surface area contributed by atoms with Gasteiger partial charge in [0.25, 0.3) is 11.8 Å². The molecular formula is C23H19Cl2F2N5O2. The molecule has 176 valence electrons. The number of aromatic nitrogens is 3. The molecular weight excluding hydrogens is 487 g/mol. The molecule has 7 nitrogen and oxygen atoms in total. The van der Waals surface area contributed by atoms with E-state index in [1.165, 1.54) is 30.2 Å². The maximum atomic E-state index is 13.7. The topological polar surface area (TPSA) is 84.0 Å². The lowest BCUT2D eigenvalue weighted by Crippen LogP contribution is -2.37. The van der Waals surface area contributed by atoms with Crippen LogP contribution >= 0.6 is 23.2 Å². The van der Waals surface area contributed by atoms with Gasteiger partial charge in [0.05, 0.1) is 21.3 Å². The molecule has 1 atom stereocenters. The van der Waals surface area contributed by atoms with Crippen LogP contribution in [-0.4, -0.2) is 44.1 Å². The summed E-state index contributed by atoms with van der Waals surface area (Å²) in [7, 11) is 0. The van der Waals surface area contributed by atoms with E-state index in [2.05, 4.69) is 10.1 Å². The van der Waals surface area contributed by atoms with Gasteiger partial charge in [-0.15, -0.1) is 0 Å². The molecule has 1 unspecified atom stereocenters. The summed E-state index contributed by atoms with van der Waals surface area (Å²) in [5.41, 5.74) is 1.55. The molecule has 0 radical (unpaired) electrons. The van der Waals surface area contributed by atoms with Gasteiger partial charge in [-0.3, -0.25) is 4.79 Å². The third-order valence-electron chi connectivity index (χ3n) is 5.55. The molecule has 1 aliphatic heterocycles. The van der Waals surface area contributed by atoms with Crippen molar-refractivity contribution in [1.82, 2.24) is 19.7 Å². The molecule has 0 saturated carbocycles. The summed E-state index contributed by atoms with van der Waals surface area (Å²) >= 11 is 12.2. The highest BCUT2D eigenvalue weighted by atomic mass is 35.5. The van der Waals surface area contributed by atoms with Gasteiger partial charge in [-0.2, -0.15) is 10.4 Å². The predicted octanol–water partition coefficient (Wildman–Crippen LogP) is 5.07. The molecule has 1 aromatic carbocycles. The average molecular weight is 506 g/mol. The van der Waals surface area contributed by atoms with E-state index < -0.39 is 17.9 Å². The minimum atomic E-state index is -3.15. The lowest BCUT2D eigenvalue weighted by Gasteiger charge is -2.28. The van der Waals surface area contributed by atoms with E-state index in [0.717, 1.165) is 18.2 Å². The standard InChI is InChI=1S/C23H19Cl2F2N5O2/c1-13(23(2,26)27)34-18-5-3-14(9-28)21(25)20(18)22(33)31-8-7-17-15(11-31)12-32(30-17)19-6-4-16(24)10-29-19/h3-6,10,12-13H,7-8,11H2,1-2H3. The fourth-order valence-corrected chi connectivity index (χ4v) is 3.89. The highest BCUT2D eigenvalue weighted by molar-refractivity contribution is 6.35. The number of alkyl halides is 2. The van der Waals surface area contributed by atoms with Crippen LogP contribution in [-0.2, 0) is 13.0 Å². The Labute approximate surface area is 204 Å². The first-order chi connectivity index (χ1) is 16.1. The molecule has 2 aromatic heterocycles. The fourth-order valence-electron chi connectivity index (χ4n) is 3.50. The lowest BCUT2D eigenvalue weighted by atomic mass is 10.0. The van der Waals surface area contributed by atoms with Crippen molar-refractivity contribution in [2.24, 2.45) is 0 Å². The quantitative estimate of drug-likeness (QED) is 0.483. The second-order valence-electron chi connectivity index (χ2n) is 7.99. The molecule has 0 bridgehead atoms. The van der Waals surface area contributed by atoms with Crippen molar-refractivity contribution in [2.45, 2.75) is 38.8 Å². The summed E-state index contributed by atoms with van der Waals surface area (Å²) in [6.45, 7) is 2.47. The largest absolute Gasteiger partial charge is 0.484 e. The Kier molecular flexibility index (Phi) is 6.47. The molecule has 34 heavy (non-hydrogen) atoms. The van der Waals surface area contributed by atoms with Crippen molar-refractivity contribution >= 4 is 29.1 Å². The van der Waals surface area contributed by atoms with Gasteiger partial charge >= 0.3 is 0 Å². The first-order valence-electron chi connectivity index (χ1n) is 10.3. The summed E-state index contributed by atoms with van der Waals surface area (Å²) in [6, 6.07) is 8.00. The van der Waals surface area contributed by atoms with Crippen LogP contribution in [0.4, 0.5) is 8.78 Å². The Balaban J connectivity index is 1.64. The number of halogens is 4. The molecule has 0 N–H and O–H groups in total. The van der Waals surface area contributed by atoms with Gasteiger partial charge in [0.15, 0.2) is 11.9 Å². The average Bonchev–Trinajstić information content (AvgIpc) is 3.22. The third kappa shape index (κ3) is 4.69. The van der Waals surface area contributed by atoms with E-state index >= 15 is 0 Å². The number of carbonyl (C=O) groups is 1. The summed E-state index contributed by atoms with van der Waals surface area (Å²) < 4.78 is 34.5. The highest BCUT2D eigenvalue weighted by Crippen LogP contribution is 2.34. The van der Waals surface area contributed by atoms with Crippen LogP contribution in [0.1, 0.15) is 41.0 Å². The van der Waals surface area contributed by atoms with Gasteiger partial charge < -0.3 is 9.64 Å². The number of hydrogen-bond donors (Lipinski definition) is 0. The van der Waals surface area contributed by atoms with Crippen LogP contribution in [0.15, 0.2) is 36.7 Å². The SMILES string of the molecule is CC(Oc1ccc(C#N)c(Cl)c1C(=O)N1CCc2nn(-c3ccc(Cl)cn3)cc2C1)C(C)(F)F. The van der Waals surface area contributed by atoms with Gasteiger partial charge in [-0.25, -0.2) is 18.4 Å². The molecule has 1 amide bonds. The minimum absolute atomic E-state index is 0.0487. The van der Waals surface area contributed by atoms with E-state index in [0.29, 0.717) is 23.8 Å². The normalized spacial score (nSPS) is 14.3. The molecule has 3 aromatic rings. The summed E-state index contributed by atoms with van der Waals surface area (Å²) in [5.74, 6) is -3.20. The predicted molar refractivity (Wildman–Crippen MR) is 122 cm³/mol. The van der Waals surface area contributed by atoms with Crippen molar-refractivity contribution in [1.29, 1.82) is 5.26 Å². The molecule has 0 fully saturated rings. The molecule has 0 aliphatic carbocycles. The lowest BCUT2D eigenvalue weighted by molar-refractivity contribution is -0.0720. The molecule has 0 saturated heterocycles. The first-order valence-corrected chi connectivity index (χ1v) is 11.1. The van der Waals surface area contributed by atoms with Crippen molar-refractivity contribution in [3.05, 3.63) is 69.1 Å². The maximum absolute atomic E-state index is 13.7. The van der Waals surface area contributed by atoms with Crippen LogP contribution in [0, 0.1) is 11.3 Å². The van der Waals surface area contributed by atoms with Crippen molar-refractivity contribution in [3.63, 3.8) is 0 Å². The summed E-state index contributed by atoms with van der Waals surface area (Å²) in [4.78, 5) is 19.2. The minimum Gasteiger partial charge on any atom is -0.484 e. The van der Waals surface area contributed by atoms with Crippen LogP contribution in [0.5, 0.6) is 5.75 Å². The Morgan fingerprint density at radius 1 is 1.29 bits per heavy atom. The van der Waals surface area contributed by atoms with E-state index in [1.54, 1.807) is 23.0 Å². The number of nitriles is 1. The number of hydrogen-bond acceptors (Lipinski definition) is 5. The van der Waals surface area contributed by atoms with Gasteiger partial charge in [0.1, 0.15) is 17.4 Å². The zero-order chi connectivity index (χ0) is 24.6. The number of nitrogens with zero attached hydrogens (tertiary/aromatic N) is 5. The summed E-state index contributed by atoms with van der Waals surface area (Å²) in [5, 5.41) is 14.3. The van der Waals surface area contributed by atoms with Crippen LogP contribution in [0.2, 0.25) is 10.0 Å². The summed E-state index contributed by atoms with van der Waals surface area (Å²) in [6.07, 6.45) is 2.24. The third-order valence-corrected chi connectivity index (χ3v) is 6.16. The first kappa shape index (κ1) is 23.9. The van der Waals surface area contributed by atoms with E-state index in [-0.39, 0.29) is 28.4 Å². The highest BCUT2D eigenvalue weighted by Gasteiger charge is 2.35. The molecule has 3 heterocycles. The molecule has 11 heteroatoms. The number of rotatable bonds is 5. The van der Waals surface area contributed by atoms with Gasteiger partial charge in [-0.05, 0) is 31.2 Å². The Bertz CT molecular complexity index is 1280. The second-order valence-corrected chi connectivity index (χ2v) is 8.80. The van der Waals surface area contributed by atoms with E-state index in [1.807, 2.05) is 6.07 Å². The number of pyridine rings is 1. The maximum Gasteiger partial charge on any atom is 0.281 e. The Hall–Kier alpha value is -3.22. The molecule has 1 aliphatic rings. The molecule has 0 spiro atoms. The zero-order valence-corrected chi connectivity index (χ0v) is 19.7. The van der Waals surface area contributed by atoms with Crippen molar-refractivity contribution in [2.75, 3.05) is 6.54 Å². The monoisotopic (exact) mass is 505 g/mol. The van der Waals surface area contributed by atoms with Gasteiger partial charge in [-0.1, -0.05) is 23.2 Å². The van der Waals surface area contributed by atoms with E-state index in [4.69, 9.17) is 27.9 Å². The Morgan fingerprint density at radius 2 is 2.06 bits per heavy atom. The van der Waals surface area contributed by atoms with Crippen LogP contribution < -0.4 is 4.74 Å². The smallest absolute Gasteiger partial charge is 0.281 e. The number of amides is 1. The van der Waals surface area contributed by atoms with Crippen LogP contribution in [0.3, 0.4) is 0 Å². The van der Waals surface area contributed by atoms with Crippen molar-refractivity contribution in [3.8, 4) is 17.6 Å². The number of ether oxygens (including phenoxy) is 1. The van der Waals surface area contributed by atoms with Gasteiger partial charge in [0.2, 0.25) is 0 Å². The second kappa shape index (κ2) is 9.20. The Morgan fingerprint density at radius 3 is 2.71 bits per heavy atom. The molecule has 4 rings (SSSR count). The fraction of sp³-hybridized carbons (Fsp3) is 0.304. The number of carbonyl (C=O) groups excluding carboxylic acids is 1. The van der Waals surface area contributed by atoms with Crippen molar-refractivity contribution < 1.29 is 18.3 Å². The van der Waals surface area contributed by atoms with E-state index in [9.17, 15) is 18.8 Å². The number of fused-ring (bicyclic) bond motifs is 1. The zero-order valence-electron chi connectivity index (χ0n) is 18.2. The van der Waals surface area contributed by atoms with Gasteiger partial charge in [0, 0.05) is 44.4 Å².